The maximum absolute atomic E-state index is 7.24. The Hall–Kier alpha value is -8.66. The number of fused-ring (bicyclic) bond motifs is 19. The van der Waals surface area contributed by atoms with Crippen LogP contribution in [0.1, 0.15) is 47.2 Å². The van der Waals surface area contributed by atoms with Crippen molar-refractivity contribution in [2.45, 2.75) is 24.7 Å². The van der Waals surface area contributed by atoms with E-state index < -0.39 is 5.41 Å². The van der Waals surface area contributed by atoms with Gasteiger partial charge >= 0.3 is 0 Å². The Morgan fingerprint density at radius 2 is 0.855 bits per heavy atom. The third-order valence-corrected chi connectivity index (χ3v) is 15.7. The van der Waals surface area contributed by atoms with E-state index in [4.69, 9.17) is 9.15 Å². The highest BCUT2D eigenvalue weighted by molar-refractivity contribution is 6.06. The molecule has 3 heteroatoms. The van der Waals surface area contributed by atoms with Gasteiger partial charge in [-0.3, -0.25) is 0 Å². The highest BCUT2D eigenvalue weighted by atomic mass is 16.5. The van der Waals surface area contributed by atoms with Gasteiger partial charge in [0.05, 0.1) is 5.41 Å². The zero-order valence-corrected chi connectivity index (χ0v) is 38.1. The van der Waals surface area contributed by atoms with Crippen molar-refractivity contribution < 1.29 is 9.15 Å². The second kappa shape index (κ2) is 13.9. The first-order valence-corrected chi connectivity index (χ1v) is 24.0. The van der Waals surface area contributed by atoms with Crippen LogP contribution in [0, 0.1) is 0 Å². The van der Waals surface area contributed by atoms with E-state index >= 15 is 0 Å². The maximum atomic E-state index is 7.24. The van der Waals surface area contributed by atoms with E-state index in [1.165, 1.54) is 44.5 Å². The van der Waals surface area contributed by atoms with Gasteiger partial charge < -0.3 is 14.1 Å². The van der Waals surface area contributed by atoms with Crippen LogP contribution < -0.4 is 9.64 Å². The van der Waals surface area contributed by atoms with Gasteiger partial charge in [0.25, 0.3) is 0 Å². The number of para-hydroxylation sites is 1. The molecule has 0 fully saturated rings. The van der Waals surface area contributed by atoms with Gasteiger partial charge in [-0.1, -0.05) is 184 Å². The Bertz CT molecular complexity index is 4070. The van der Waals surface area contributed by atoms with Crippen molar-refractivity contribution >= 4 is 60.5 Å². The molecule has 69 heavy (non-hydrogen) atoms. The van der Waals surface area contributed by atoms with Gasteiger partial charge in [0.15, 0.2) is 0 Å². The number of rotatable bonds is 4. The van der Waals surface area contributed by atoms with Crippen LogP contribution in [0.25, 0.3) is 76.9 Å². The summed E-state index contributed by atoms with van der Waals surface area (Å²) < 4.78 is 13.6. The number of benzene rings is 11. The standard InChI is InChI=1S/C66H43NO2/c1-65(2)55-20-10-7-17-49(55)51-33-30-46(39-60(51)65)67(44-28-23-40(24-29-44)43-25-32-53-52-19-9-12-22-61(52)68-62(53)37-43)45-31-36-57-54(38-45)50-18-8-11-21-56(50)66(57)58-34-26-41-13-3-5-15-47(41)63(58)69-64-48-16-6-4-14-42(48)27-35-59(64)66/h3-39H,1-2H3. The Labute approximate surface area is 400 Å². The molecule has 3 aliphatic rings. The second-order valence-corrected chi connectivity index (χ2v) is 19.5. The van der Waals surface area contributed by atoms with Crippen LogP contribution >= 0.6 is 0 Å². The lowest BCUT2D eigenvalue weighted by molar-refractivity contribution is 0.447. The average molecular weight is 882 g/mol. The number of ether oxygens (including phenoxy) is 1. The first kappa shape index (κ1) is 38.4. The SMILES string of the molecule is CC1(C)c2ccccc2-c2ccc(N(c3ccc(-c4ccc5c(c4)oc4ccccc45)cc3)c3ccc4c(c3)-c3ccccc3C43c4ccc5ccccc5c4Oc4c3ccc3ccccc43)cc21. The van der Waals surface area contributed by atoms with Gasteiger partial charge in [0.2, 0.25) is 0 Å². The van der Waals surface area contributed by atoms with Gasteiger partial charge in [-0.15, -0.1) is 0 Å². The average Bonchev–Trinajstić information content (AvgIpc) is 3.99. The van der Waals surface area contributed by atoms with Crippen LogP contribution in [0.3, 0.4) is 0 Å². The normalized spacial score (nSPS) is 14.3. The minimum Gasteiger partial charge on any atom is -0.456 e. The first-order chi connectivity index (χ1) is 33.9. The molecule has 0 atom stereocenters. The number of anilines is 3. The lowest BCUT2D eigenvalue weighted by atomic mass is 9.65. The molecule has 0 unspecified atom stereocenters. The summed E-state index contributed by atoms with van der Waals surface area (Å²) in [6, 6.07) is 82.6. The molecule has 11 aromatic carbocycles. The molecule has 0 saturated carbocycles. The molecule has 1 spiro atoms. The Morgan fingerprint density at radius 1 is 0.333 bits per heavy atom. The lowest BCUT2D eigenvalue weighted by Gasteiger charge is -2.40. The van der Waals surface area contributed by atoms with Gasteiger partial charge in [-0.2, -0.15) is 0 Å². The molecule has 2 aliphatic carbocycles. The fraction of sp³-hybridized carbons (Fsp3) is 0.0606. The molecule has 2 heterocycles. The summed E-state index contributed by atoms with van der Waals surface area (Å²) in [5.41, 5.74) is 19.2. The third kappa shape index (κ3) is 5.22. The van der Waals surface area contributed by atoms with E-state index in [0.29, 0.717) is 0 Å². The van der Waals surface area contributed by atoms with Gasteiger partial charge in [0, 0.05) is 55.1 Å². The van der Waals surface area contributed by atoms with Crippen molar-refractivity contribution in [3.05, 3.63) is 258 Å². The van der Waals surface area contributed by atoms with Gasteiger partial charge in [0.1, 0.15) is 22.7 Å². The summed E-state index contributed by atoms with van der Waals surface area (Å²) in [7, 11) is 0. The van der Waals surface area contributed by atoms with Crippen molar-refractivity contribution in [3.63, 3.8) is 0 Å². The largest absolute Gasteiger partial charge is 0.456 e. The van der Waals surface area contributed by atoms with E-state index in [2.05, 4.69) is 231 Å². The Morgan fingerprint density at radius 3 is 1.59 bits per heavy atom. The molecule has 324 valence electrons. The van der Waals surface area contributed by atoms with E-state index in [0.717, 1.165) is 94.3 Å². The third-order valence-electron chi connectivity index (χ3n) is 15.7. The zero-order chi connectivity index (χ0) is 45.6. The van der Waals surface area contributed by atoms with Gasteiger partial charge in [-0.25, -0.2) is 0 Å². The summed E-state index contributed by atoms with van der Waals surface area (Å²) in [4.78, 5) is 2.45. The molecule has 0 bridgehead atoms. The lowest BCUT2D eigenvalue weighted by Crippen LogP contribution is -2.32. The van der Waals surface area contributed by atoms with Crippen LogP contribution in [0.4, 0.5) is 17.1 Å². The number of hydrogen-bond donors (Lipinski definition) is 0. The molecule has 15 rings (SSSR count). The topological polar surface area (TPSA) is 25.6 Å². The van der Waals surface area contributed by atoms with Crippen molar-refractivity contribution in [2.24, 2.45) is 0 Å². The van der Waals surface area contributed by atoms with E-state index in [9.17, 15) is 0 Å². The molecule has 0 radical (unpaired) electrons. The first-order valence-electron chi connectivity index (χ1n) is 24.0. The number of furan rings is 1. The van der Waals surface area contributed by atoms with E-state index in [1.54, 1.807) is 0 Å². The smallest absolute Gasteiger partial charge is 0.140 e. The molecule has 0 amide bonds. The fourth-order valence-electron chi connectivity index (χ4n) is 12.5. The van der Waals surface area contributed by atoms with Crippen LogP contribution in [-0.4, -0.2) is 0 Å². The fourth-order valence-corrected chi connectivity index (χ4v) is 12.5. The molecule has 1 aromatic heterocycles. The van der Waals surface area contributed by atoms with Crippen molar-refractivity contribution in [3.8, 4) is 44.9 Å². The number of nitrogens with zero attached hydrogens (tertiary/aromatic N) is 1. The quantitative estimate of drug-likeness (QED) is 0.176. The molecular formula is C66H43NO2. The molecule has 12 aromatic rings. The summed E-state index contributed by atoms with van der Waals surface area (Å²) in [5.74, 6) is 1.85. The molecule has 3 nitrogen and oxygen atoms in total. The van der Waals surface area contributed by atoms with Gasteiger partial charge in [-0.05, 0) is 121 Å². The van der Waals surface area contributed by atoms with Crippen molar-refractivity contribution in [1.29, 1.82) is 0 Å². The van der Waals surface area contributed by atoms with Crippen LogP contribution in [0.2, 0.25) is 0 Å². The van der Waals surface area contributed by atoms with Crippen LogP contribution in [0.5, 0.6) is 11.5 Å². The van der Waals surface area contributed by atoms with E-state index in [1.807, 2.05) is 12.1 Å². The zero-order valence-electron chi connectivity index (χ0n) is 38.1. The predicted molar refractivity (Wildman–Crippen MR) is 284 cm³/mol. The highest BCUT2D eigenvalue weighted by Gasteiger charge is 2.52. The monoisotopic (exact) mass is 881 g/mol. The number of hydrogen-bond acceptors (Lipinski definition) is 3. The van der Waals surface area contributed by atoms with Crippen molar-refractivity contribution in [2.75, 3.05) is 4.90 Å². The second-order valence-electron chi connectivity index (χ2n) is 19.5. The predicted octanol–water partition coefficient (Wildman–Crippen LogP) is 17.8. The molecule has 0 N–H and O–H groups in total. The molecule has 1 aliphatic heterocycles. The molecular weight excluding hydrogens is 839 g/mol. The molecule has 0 saturated heterocycles. The van der Waals surface area contributed by atoms with E-state index in [-0.39, 0.29) is 5.41 Å². The minimum atomic E-state index is -0.627. The summed E-state index contributed by atoms with van der Waals surface area (Å²) in [5, 5.41) is 6.83. The Balaban J connectivity index is 0.943. The summed E-state index contributed by atoms with van der Waals surface area (Å²) in [6.45, 7) is 4.72. The maximum Gasteiger partial charge on any atom is 0.140 e. The van der Waals surface area contributed by atoms with Crippen molar-refractivity contribution in [1.82, 2.24) is 0 Å². The van der Waals surface area contributed by atoms with Crippen LogP contribution in [-0.2, 0) is 10.8 Å². The Kier molecular flexibility index (Phi) is 7.77. The minimum absolute atomic E-state index is 0.159. The summed E-state index contributed by atoms with van der Waals surface area (Å²) in [6.07, 6.45) is 0. The highest BCUT2D eigenvalue weighted by Crippen LogP contribution is 2.64. The van der Waals surface area contributed by atoms with Crippen LogP contribution in [0.15, 0.2) is 229 Å². The summed E-state index contributed by atoms with van der Waals surface area (Å²) >= 11 is 0.